The molecule has 0 saturated carbocycles. The van der Waals surface area contributed by atoms with Crippen LogP contribution in [0.25, 0.3) is 0 Å². The summed E-state index contributed by atoms with van der Waals surface area (Å²) in [5.41, 5.74) is 0.514. The van der Waals surface area contributed by atoms with Crippen LogP contribution in [0.2, 0.25) is 0 Å². The first-order chi connectivity index (χ1) is 14.2. The first-order valence-electron chi connectivity index (χ1n) is 10.7. The molecular formula is C23H34N2O5. The van der Waals surface area contributed by atoms with Crippen LogP contribution in [0.5, 0.6) is 11.5 Å². The van der Waals surface area contributed by atoms with Gasteiger partial charge in [-0.2, -0.15) is 0 Å². The van der Waals surface area contributed by atoms with Crippen molar-refractivity contribution in [2.75, 3.05) is 33.9 Å². The van der Waals surface area contributed by atoms with Crippen LogP contribution in [0.3, 0.4) is 0 Å². The lowest BCUT2D eigenvalue weighted by Crippen LogP contribution is -2.47. The number of benzene rings is 1. The van der Waals surface area contributed by atoms with E-state index >= 15 is 0 Å². The fraction of sp³-hybridized carbons (Fsp3) is 0.652. The Labute approximate surface area is 179 Å². The predicted molar refractivity (Wildman–Crippen MR) is 114 cm³/mol. The Morgan fingerprint density at radius 1 is 1.00 bits per heavy atom. The van der Waals surface area contributed by atoms with Crippen molar-refractivity contribution in [1.29, 1.82) is 0 Å². The van der Waals surface area contributed by atoms with Crippen molar-refractivity contribution in [3.63, 3.8) is 0 Å². The van der Waals surface area contributed by atoms with Crippen molar-refractivity contribution in [2.45, 2.75) is 58.1 Å². The van der Waals surface area contributed by atoms with Crippen molar-refractivity contribution in [3.05, 3.63) is 23.8 Å². The van der Waals surface area contributed by atoms with Crippen LogP contribution in [-0.2, 0) is 9.53 Å². The number of carbonyl (C=O) groups excluding carboxylic acids is 2. The largest absolute Gasteiger partial charge is 0.493 e. The summed E-state index contributed by atoms with van der Waals surface area (Å²) < 4.78 is 16.3. The van der Waals surface area contributed by atoms with Gasteiger partial charge in [0.1, 0.15) is 5.60 Å². The SMILES string of the molecule is COc1ccc(C2CCCN2C(=O)C2CCCN(C(=O)OC(C)(C)C)C2)cc1OC. The van der Waals surface area contributed by atoms with Crippen LogP contribution in [-0.4, -0.2) is 61.3 Å². The van der Waals surface area contributed by atoms with Gasteiger partial charge >= 0.3 is 6.09 Å². The second-order valence-corrected chi connectivity index (χ2v) is 9.07. The second-order valence-electron chi connectivity index (χ2n) is 9.07. The number of likely N-dealkylation sites (tertiary alicyclic amines) is 2. The van der Waals surface area contributed by atoms with Gasteiger partial charge in [0.2, 0.25) is 5.91 Å². The summed E-state index contributed by atoms with van der Waals surface area (Å²) in [6, 6.07) is 5.88. The highest BCUT2D eigenvalue weighted by atomic mass is 16.6. The van der Waals surface area contributed by atoms with E-state index in [1.54, 1.807) is 19.1 Å². The zero-order chi connectivity index (χ0) is 21.9. The van der Waals surface area contributed by atoms with Crippen molar-refractivity contribution in [1.82, 2.24) is 9.80 Å². The van der Waals surface area contributed by atoms with Gasteiger partial charge in [-0.1, -0.05) is 6.07 Å². The van der Waals surface area contributed by atoms with Crippen LogP contribution in [0, 0.1) is 5.92 Å². The van der Waals surface area contributed by atoms with Gasteiger partial charge in [0.25, 0.3) is 0 Å². The molecule has 7 nitrogen and oxygen atoms in total. The highest BCUT2D eigenvalue weighted by Gasteiger charge is 2.37. The van der Waals surface area contributed by atoms with Crippen LogP contribution in [0.15, 0.2) is 18.2 Å². The highest BCUT2D eigenvalue weighted by Crippen LogP contribution is 2.38. The maximum Gasteiger partial charge on any atom is 0.410 e. The van der Waals surface area contributed by atoms with Crippen LogP contribution in [0.4, 0.5) is 4.79 Å². The Kier molecular flexibility index (Phi) is 6.78. The molecule has 166 valence electrons. The number of rotatable bonds is 4. The Hall–Kier alpha value is -2.44. The molecule has 2 atom stereocenters. The molecule has 1 aromatic carbocycles. The molecular weight excluding hydrogens is 384 g/mol. The summed E-state index contributed by atoms with van der Waals surface area (Å²) >= 11 is 0. The van der Waals surface area contributed by atoms with Crippen LogP contribution < -0.4 is 9.47 Å². The van der Waals surface area contributed by atoms with Crippen molar-refractivity contribution in [2.24, 2.45) is 5.92 Å². The first-order valence-corrected chi connectivity index (χ1v) is 10.7. The molecule has 2 fully saturated rings. The van der Waals surface area contributed by atoms with E-state index < -0.39 is 5.60 Å². The van der Waals surface area contributed by atoms with Crippen molar-refractivity contribution in [3.8, 4) is 11.5 Å². The smallest absolute Gasteiger partial charge is 0.410 e. The molecule has 2 unspecified atom stereocenters. The summed E-state index contributed by atoms with van der Waals surface area (Å²) in [5.74, 6) is 1.29. The number of methoxy groups -OCH3 is 2. The third-order valence-corrected chi connectivity index (χ3v) is 5.75. The minimum Gasteiger partial charge on any atom is -0.493 e. The average molecular weight is 419 g/mol. The Bertz CT molecular complexity index is 773. The first kappa shape index (κ1) is 22.2. The minimum atomic E-state index is -0.540. The molecule has 0 aromatic heterocycles. The third-order valence-electron chi connectivity index (χ3n) is 5.75. The molecule has 0 N–H and O–H groups in total. The van der Waals surface area contributed by atoms with Crippen LogP contribution in [0.1, 0.15) is 58.1 Å². The molecule has 1 aromatic rings. The molecule has 0 radical (unpaired) electrons. The van der Waals surface area contributed by atoms with Gasteiger partial charge < -0.3 is 24.0 Å². The molecule has 2 aliphatic heterocycles. The molecule has 0 bridgehead atoms. The van der Waals surface area contributed by atoms with E-state index in [1.807, 2.05) is 43.9 Å². The Morgan fingerprint density at radius 2 is 1.70 bits per heavy atom. The number of amides is 2. The van der Waals surface area contributed by atoms with E-state index in [0.29, 0.717) is 24.6 Å². The normalized spacial score (nSPS) is 22.0. The zero-order valence-electron chi connectivity index (χ0n) is 18.8. The third kappa shape index (κ3) is 4.99. The number of hydrogen-bond acceptors (Lipinski definition) is 5. The van der Waals surface area contributed by atoms with E-state index in [1.165, 1.54) is 0 Å². The summed E-state index contributed by atoms with van der Waals surface area (Å²) in [6.07, 6.45) is 3.16. The summed E-state index contributed by atoms with van der Waals surface area (Å²) in [6.45, 7) is 7.36. The van der Waals surface area contributed by atoms with Gasteiger partial charge in [-0.25, -0.2) is 4.79 Å². The van der Waals surface area contributed by atoms with Crippen LogP contribution >= 0.6 is 0 Å². The molecule has 2 aliphatic rings. The Balaban J connectivity index is 1.71. The van der Waals surface area contributed by atoms with Gasteiger partial charge in [0.15, 0.2) is 11.5 Å². The topological polar surface area (TPSA) is 68.3 Å². The standard InChI is InChI=1S/C23H34N2O5/c1-23(2,3)30-22(27)24-12-6-8-17(15-24)21(26)25-13-7-9-18(25)16-10-11-19(28-4)20(14-16)29-5/h10-11,14,17-18H,6-9,12-13,15H2,1-5H3. The predicted octanol–water partition coefficient (Wildman–Crippen LogP) is 4.01. The van der Waals surface area contributed by atoms with E-state index in [9.17, 15) is 9.59 Å². The molecule has 3 rings (SSSR count). The molecule has 30 heavy (non-hydrogen) atoms. The number of ether oxygens (including phenoxy) is 3. The van der Waals surface area contributed by atoms with E-state index in [0.717, 1.165) is 37.8 Å². The van der Waals surface area contributed by atoms with Gasteiger partial charge in [-0.3, -0.25) is 4.79 Å². The van der Waals surface area contributed by atoms with Gasteiger partial charge in [0.05, 0.1) is 26.2 Å². The summed E-state index contributed by atoms with van der Waals surface area (Å²) in [4.78, 5) is 29.5. The van der Waals surface area contributed by atoms with Crippen molar-refractivity contribution < 1.29 is 23.8 Å². The van der Waals surface area contributed by atoms with Gasteiger partial charge in [-0.05, 0) is 64.2 Å². The van der Waals surface area contributed by atoms with E-state index in [4.69, 9.17) is 14.2 Å². The quantitative estimate of drug-likeness (QED) is 0.739. The maximum absolute atomic E-state index is 13.4. The number of carbonyl (C=O) groups is 2. The van der Waals surface area contributed by atoms with E-state index in [2.05, 4.69) is 0 Å². The lowest BCUT2D eigenvalue weighted by molar-refractivity contribution is -0.138. The fourth-order valence-corrected chi connectivity index (χ4v) is 4.34. The fourth-order valence-electron chi connectivity index (χ4n) is 4.34. The maximum atomic E-state index is 13.4. The molecule has 2 saturated heterocycles. The Morgan fingerprint density at radius 3 is 2.37 bits per heavy atom. The number of nitrogens with zero attached hydrogens (tertiary/aromatic N) is 2. The lowest BCUT2D eigenvalue weighted by Gasteiger charge is -2.36. The number of piperidine rings is 1. The summed E-state index contributed by atoms with van der Waals surface area (Å²) in [7, 11) is 3.23. The lowest BCUT2D eigenvalue weighted by atomic mass is 9.95. The van der Waals surface area contributed by atoms with Gasteiger partial charge in [-0.15, -0.1) is 0 Å². The molecule has 7 heteroatoms. The molecule has 0 aliphatic carbocycles. The van der Waals surface area contributed by atoms with Crippen molar-refractivity contribution >= 4 is 12.0 Å². The molecule has 0 spiro atoms. The second kappa shape index (κ2) is 9.14. The average Bonchev–Trinajstić information content (AvgIpc) is 3.21. The molecule has 2 heterocycles. The highest BCUT2D eigenvalue weighted by molar-refractivity contribution is 5.81. The monoisotopic (exact) mass is 418 g/mol. The minimum absolute atomic E-state index is 0.0224. The van der Waals surface area contributed by atoms with E-state index in [-0.39, 0.29) is 24.0 Å². The molecule has 2 amide bonds. The van der Waals surface area contributed by atoms with Gasteiger partial charge in [0, 0.05) is 19.6 Å². The number of hydrogen-bond donors (Lipinski definition) is 0. The zero-order valence-corrected chi connectivity index (χ0v) is 18.8. The summed E-state index contributed by atoms with van der Waals surface area (Å²) in [5, 5.41) is 0.